The molecule has 4 nitrogen and oxygen atoms in total. The average Bonchev–Trinajstić information content (AvgIpc) is 2.37. The van der Waals surface area contributed by atoms with Crippen LogP contribution in [0.15, 0.2) is 30.3 Å². The molecule has 0 bridgehead atoms. The molecule has 0 saturated heterocycles. The minimum absolute atomic E-state index is 0.203. The van der Waals surface area contributed by atoms with E-state index in [2.05, 4.69) is 0 Å². The van der Waals surface area contributed by atoms with Gasteiger partial charge in [-0.1, -0.05) is 30.3 Å². The maximum atomic E-state index is 11.9. The number of hydrogen-bond donors (Lipinski definition) is 1. The first kappa shape index (κ1) is 13.2. The highest BCUT2D eigenvalue weighted by Crippen LogP contribution is 2.16. The Morgan fingerprint density at radius 3 is 2.59 bits per heavy atom. The maximum Gasteiger partial charge on any atom is 0.256 e. The van der Waals surface area contributed by atoms with Gasteiger partial charge in [0.1, 0.15) is 0 Å². The molecule has 4 heteroatoms. The number of nitriles is 1. The Bertz CT molecular complexity index is 411. The molecule has 1 rings (SSSR count). The lowest BCUT2D eigenvalue weighted by atomic mass is 10.1. The van der Waals surface area contributed by atoms with Crippen LogP contribution in [-0.4, -0.2) is 29.0 Å². The second-order valence-corrected chi connectivity index (χ2v) is 3.97. The Labute approximate surface area is 101 Å². The molecule has 0 aliphatic carbocycles. The quantitative estimate of drug-likeness (QED) is 0.855. The minimum Gasteiger partial charge on any atom is -0.378 e. The fourth-order valence-corrected chi connectivity index (χ4v) is 1.46. The van der Waals surface area contributed by atoms with Gasteiger partial charge in [0.05, 0.1) is 12.5 Å². The van der Waals surface area contributed by atoms with Gasteiger partial charge in [-0.25, -0.2) is 0 Å². The summed E-state index contributed by atoms with van der Waals surface area (Å²) in [6.45, 7) is 1.78. The number of carbonyl (C=O) groups is 1. The van der Waals surface area contributed by atoms with Crippen molar-refractivity contribution >= 4 is 5.91 Å². The van der Waals surface area contributed by atoms with E-state index < -0.39 is 6.10 Å². The Morgan fingerprint density at radius 2 is 2.06 bits per heavy atom. The number of aliphatic hydroxyl groups is 1. The van der Waals surface area contributed by atoms with Crippen molar-refractivity contribution in [2.24, 2.45) is 0 Å². The zero-order chi connectivity index (χ0) is 12.8. The largest absolute Gasteiger partial charge is 0.378 e. The summed E-state index contributed by atoms with van der Waals surface area (Å²) in [5.41, 5.74) is 0.563. The highest BCUT2D eigenvalue weighted by molar-refractivity contribution is 5.82. The van der Waals surface area contributed by atoms with Crippen LogP contribution in [0.2, 0.25) is 0 Å². The smallest absolute Gasteiger partial charge is 0.256 e. The molecular formula is C13H16N2O2. The van der Waals surface area contributed by atoms with Crippen molar-refractivity contribution in [3.63, 3.8) is 0 Å². The summed E-state index contributed by atoms with van der Waals surface area (Å²) in [6.07, 6.45) is -0.911. The Morgan fingerprint density at radius 1 is 1.47 bits per heavy atom. The van der Waals surface area contributed by atoms with Crippen molar-refractivity contribution in [1.29, 1.82) is 5.26 Å². The molecule has 1 amide bonds. The van der Waals surface area contributed by atoms with Crippen LogP contribution in [0.25, 0.3) is 0 Å². The SMILES string of the molecule is CC(CC#N)N(C)C(=O)C(O)c1ccccc1. The molecule has 2 unspecified atom stereocenters. The van der Waals surface area contributed by atoms with E-state index in [1.54, 1.807) is 38.2 Å². The van der Waals surface area contributed by atoms with Gasteiger partial charge in [0.15, 0.2) is 6.10 Å². The molecule has 17 heavy (non-hydrogen) atoms. The molecular weight excluding hydrogens is 216 g/mol. The highest BCUT2D eigenvalue weighted by atomic mass is 16.3. The molecule has 2 atom stereocenters. The number of carbonyl (C=O) groups excluding carboxylic acids is 1. The number of likely N-dealkylation sites (N-methyl/N-ethyl adjacent to an activating group) is 1. The number of amides is 1. The summed E-state index contributed by atoms with van der Waals surface area (Å²) in [7, 11) is 1.59. The minimum atomic E-state index is -1.16. The van der Waals surface area contributed by atoms with Gasteiger partial charge in [-0.2, -0.15) is 5.26 Å². The van der Waals surface area contributed by atoms with E-state index in [4.69, 9.17) is 5.26 Å². The summed E-state index contributed by atoms with van der Waals surface area (Å²) >= 11 is 0. The fourth-order valence-electron chi connectivity index (χ4n) is 1.46. The van der Waals surface area contributed by atoms with Crippen LogP contribution in [0.4, 0.5) is 0 Å². The molecule has 0 radical (unpaired) electrons. The molecule has 1 aromatic carbocycles. The van der Waals surface area contributed by atoms with Gasteiger partial charge in [-0.15, -0.1) is 0 Å². The first-order valence-corrected chi connectivity index (χ1v) is 5.44. The van der Waals surface area contributed by atoms with Crippen molar-refractivity contribution in [3.05, 3.63) is 35.9 Å². The van der Waals surface area contributed by atoms with Gasteiger partial charge in [0.25, 0.3) is 5.91 Å². The topological polar surface area (TPSA) is 64.3 Å². The van der Waals surface area contributed by atoms with Gasteiger partial charge in [0, 0.05) is 13.1 Å². The van der Waals surface area contributed by atoms with Crippen molar-refractivity contribution in [1.82, 2.24) is 4.90 Å². The predicted octanol–water partition coefficient (Wildman–Crippen LogP) is 1.48. The van der Waals surface area contributed by atoms with E-state index in [0.29, 0.717) is 5.56 Å². The van der Waals surface area contributed by atoms with Gasteiger partial charge in [0.2, 0.25) is 0 Å². The number of aliphatic hydroxyl groups excluding tert-OH is 1. The summed E-state index contributed by atoms with van der Waals surface area (Å²) in [6, 6.07) is 10.6. The highest BCUT2D eigenvalue weighted by Gasteiger charge is 2.24. The first-order chi connectivity index (χ1) is 8.07. The molecule has 90 valence electrons. The molecule has 0 aliphatic heterocycles. The molecule has 1 aromatic rings. The lowest BCUT2D eigenvalue weighted by molar-refractivity contribution is -0.140. The second-order valence-electron chi connectivity index (χ2n) is 3.97. The van der Waals surface area contributed by atoms with Gasteiger partial charge in [-0.3, -0.25) is 4.79 Å². The van der Waals surface area contributed by atoms with Crippen molar-refractivity contribution in [2.75, 3.05) is 7.05 Å². The van der Waals surface area contributed by atoms with Crippen LogP contribution in [-0.2, 0) is 4.79 Å². The van der Waals surface area contributed by atoms with Crippen LogP contribution in [0.1, 0.15) is 25.0 Å². The van der Waals surface area contributed by atoms with Crippen molar-refractivity contribution in [3.8, 4) is 6.07 Å². The van der Waals surface area contributed by atoms with E-state index in [-0.39, 0.29) is 18.4 Å². The third kappa shape index (κ3) is 3.30. The summed E-state index contributed by atoms with van der Waals surface area (Å²) < 4.78 is 0. The zero-order valence-corrected chi connectivity index (χ0v) is 10.00. The summed E-state index contributed by atoms with van der Waals surface area (Å²) in [5, 5.41) is 18.5. The number of rotatable bonds is 4. The van der Waals surface area contributed by atoms with Crippen LogP contribution in [0.5, 0.6) is 0 Å². The number of benzene rings is 1. The molecule has 0 saturated carbocycles. The third-order valence-electron chi connectivity index (χ3n) is 2.74. The molecule has 0 aromatic heterocycles. The third-order valence-corrected chi connectivity index (χ3v) is 2.74. The van der Waals surface area contributed by atoms with E-state index in [9.17, 15) is 9.90 Å². The van der Waals surface area contributed by atoms with E-state index in [0.717, 1.165) is 0 Å². The Balaban J connectivity index is 2.74. The molecule has 0 fully saturated rings. The monoisotopic (exact) mass is 232 g/mol. The van der Waals surface area contributed by atoms with Crippen LogP contribution in [0, 0.1) is 11.3 Å². The van der Waals surface area contributed by atoms with E-state index >= 15 is 0 Å². The van der Waals surface area contributed by atoms with Crippen LogP contribution < -0.4 is 0 Å². The summed E-state index contributed by atoms with van der Waals surface area (Å²) in [5.74, 6) is -0.390. The average molecular weight is 232 g/mol. The fraction of sp³-hybridized carbons (Fsp3) is 0.385. The first-order valence-electron chi connectivity index (χ1n) is 5.44. The van der Waals surface area contributed by atoms with Gasteiger partial charge in [-0.05, 0) is 12.5 Å². The zero-order valence-electron chi connectivity index (χ0n) is 10.00. The van der Waals surface area contributed by atoms with Crippen LogP contribution >= 0.6 is 0 Å². The van der Waals surface area contributed by atoms with Gasteiger partial charge >= 0.3 is 0 Å². The lowest BCUT2D eigenvalue weighted by Crippen LogP contribution is -2.38. The second kappa shape index (κ2) is 6.02. The van der Waals surface area contributed by atoms with Crippen molar-refractivity contribution in [2.45, 2.75) is 25.5 Å². The molecule has 1 N–H and O–H groups in total. The normalized spacial score (nSPS) is 13.5. The van der Waals surface area contributed by atoms with Crippen molar-refractivity contribution < 1.29 is 9.90 Å². The Hall–Kier alpha value is -1.86. The number of nitrogens with zero attached hydrogens (tertiary/aromatic N) is 2. The van der Waals surface area contributed by atoms with Gasteiger partial charge < -0.3 is 10.0 Å². The molecule has 0 aliphatic rings. The predicted molar refractivity (Wildman–Crippen MR) is 63.9 cm³/mol. The van der Waals surface area contributed by atoms with Crippen LogP contribution in [0.3, 0.4) is 0 Å². The maximum absolute atomic E-state index is 11.9. The number of hydrogen-bond acceptors (Lipinski definition) is 3. The Kier molecular flexibility index (Phi) is 4.68. The van der Waals surface area contributed by atoms with E-state index in [1.165, 1.54) is 4.90 Å². The summed E-state index contributed by atoms with van der Waals surface area (Å²) in [4.78, 5) is 13.3. The lowest BCUT2D eigenvalue weighted by Gasteiger charge is -2.25. The standard InChI is InChI=1S/C13H16N2O2/c1-10(8-9-14)15(2)13(17)12(16)11-6-4-3-5-7-11/h3-7,10,12,16H,8H2,1-2H3. The molecule has 0 heterocycles. The van der Waals surface area contributed by atoms with E-state index in [1.807, 2.05) is 12.1 Å². The molecule has 0 spiro atoms.